The Kier molecular flexibility index (Phi) is 6.26. The van der Waals surface area contributed by atoms with E-state index in [1.807, 2.05) is 0 Å². The van der Waals surface area contributed by atoms with Gasteiger partial charge in [0.05, 0.1) is 21.4 Å². The molecule has 24 heavy (non-hydrogen) atoms. The number of nitrogens with one attached hydrogen (secondary N) is 2. The molecule has 2 amide bonds. The molecule has 2 aromatic rings. The molecule has 0 atom stereocenters. The molecule has 0 saturated heterocycles. The topological polar surface area (TPSA) is 58.2 Å². The van der Waals surface area contributed by atoms with Crippen LogP contribution in [0.1, 0.15) is 12.5 Å². The van der Waals surface area contributed by atoms with E-state index in [2.05, 4.69) is 10.6 Å². The average molecular weight is 384 g/mol. The van der Waals surface area contributed by atoms with Crippen LogP contribution in [0.2, 0.25) is 15.1 Å². The van der Waals surface area contributed by atoms with Crippen LogP contribution >= 0.6 is 34.8 Å². The molecular formula is C17H13Cl3N2O2. The minimum absolute atomic E-state index is 0.251. The summed E-state index contributed by atoms with van der Waals surface area (Å²) in [7, 11) is 0. The summed E-state index contributed by atoms with van der Waals surface area (Å²) >= 11 is 17.7. The Labute approximate surface area is 154 Å². The Bertz CT molecular complexity index is 819. The van der Waals surface area contributed by atoms with Crippen molar-refractivity contribution in [3.8, 4) is 0 Å². The Morgan fingerprint density at radius 3 is 2.33 bits per heavy atom. The fourth-order valence-corrected chi connectivity index (χ4v) is 2.36. The first kappa shape index (κ1) is 18.3. The molecule has 0 aliphatic heterocycles. The van der Waals surface area contributed by atoms with Crippen LogP contribution in [-0.2, 0) is 9.59 Å². The first-order chi connectivity index (χ1) is 11.3. The van der Waals surface area contributed by atoms with Crippen molar-refractivity contribution >= 4 is 64.1 Å². The average Bonchev–Trinajstić information content (AvgIpc) is 2.51. The number of anilines is 2. The highest BCUT2D eigenvalue weighted by atomic mass is 35.5. The van der Waals surface area contributed by atoms with Crippen LogP contribution in [-0.4, -0.2) is 11.8 Å². The molecule has 0 aliphatic carbocycles. The van der Waals surface area contributed by atoms with E-state index in [9.17, 15) is 9.59 Å². The van der Waals surface area contributed by atoms with Gasteiger partial charge in [-0.05, 0) is 42.0 Å². The summed E-state index contributed by atoms with van der Waals surface area (Å²) < 4.78 is 0. The van der Waals surface area contributed by atoms with Crippen LogP contribution < -0.4 is 10.6 Å². The van der Waals surface area contributed by atoms with Crippen molar-refractivity contribution in [1.82, 2.24) is 0 Å². The SMILES string of the molecule is CC(=O)Nc1ccc(Cl)cc1NC(=O)/C=C/c1ccc(Cl)c(Cl)c1. The monoisotopic (exact) mass is 382 g/mol. The van der Waals surface area contributed by atoms with Gasteiger partial charge in [0.1, 0.15) is 0 Å². The molecule has 0 radical (unpaired) electrons. The van der Waals surface area contributed by atoms with Gasteiger partial charge in [-0.2, -0.15) is 0 Å². The molecular weight excluding hydrogens is 371 g/mol. The number of hydrogen-bond acceptors (Lipinski definition) is 2. The molecule has 0 heterocycles. The van der Waals surface area contributed by atoms with Gasteiger partial charge in [-0.15, -0.1) is 0 Å². The summed E-state index contributed by atoms with van der Waals surface area (Å²) in [5.74, 6) is -0.630. The van der Waals surface area contributed by atoms with Crippen LogP contribution in [0, 0.1) is 0 Å². The van der Waals surface area contributed by atoms with E-state index < -0.39 is 0 Å². The Hall–Kier alpha value is -2.01. The molecule has 124 valence electrons. The quantitative estimate of drug-likeness (QED) is 0.708. The van der Waals surface area contributed by atoms with Gasteiger partial charge in [-0.25, -0.2) is 0 Å². The smallest absolute Gasteiger partial charge is 0.248 e. The molecule has 4 nitrogen and oxygen atoms in total. The number of hydrogen-bond donors (Lipinski definition) is 2. The molecule has 2 aromatic carbocycles. The Morgan fingerprint density at radius 2 is 1.67 bits per heavy atom. The number of carbonyl (C=O) groups is 2. The largest absolute Gasteiger partial charge is 0.325 e. The lowest BCUT2D eigenvalue weighted by Crippen LogP contribution is -2.13. The molecule has 0 saturated carbocycles. The minimum atomic E-state index is -0.380. The maximum absolute atomic E-state index is 12.1. The van der Waals surface area contributed by atoms with Gasteiger partial charge in [0.15, 0.2) is 0 Å². The summed E-state index contributed by atoms with van der Waals surface area (Å²) in [4.78, 5) is 23.3. The minimum Gasteiger partial charge on any atom is -0.325 e. The lowest BCUT2D eigenvalue weighted by atomic mass is 10.2. The molecule has 0 aromatic heterocycles. The van der Waals surface area contributed by atoms with E-state index in [0.29, 0.717) is 26.4 Å². The predicted molar refractivity (Wildman–Crippen MR) is 99.9 cm³/mol. The summed E-state index contributed by atoms with van der Waals surface area (Å²) in [5.41, 5.74) is 1.59. The van der Waals surface area contributed by atoms with E-state index >= 15 is 0 Å². The number of halogens is 3. The summed E-state index contributed by atoms with van der Waals surface area (Å²) in [6.45, 7) is 1.38. The van der Waals surface area contributed by atoms with Crippen LogP contribution in [0.25, 0.3) is 6.08 Å². The van der Waals surface area contributed by atoms with Crippen molar-refractivity contribution in [2.45, 2.75) is 6.92 Å². The van der Waals surface area contributed by atoms with Crippen LogP contribution in [0.5, 0.6) is 0 Å². The number of rotatable bonds is 4. The molecule has 0 unspecified atom stereocenters. The predicted octanol–water partition coefficient (Wildman–Crippen LogP) is 5.26. The normalized spacial score (nSPS) is 10.7. The third-order valence-corrected chi connectivity index (χ3v) is 3.90. The third kappa shape index (κ3) is 5.27. The van der Waals surface area contributed by atoms with Crippen LogP contribution in [0.15, 0.2) is 42.5 Å². The van der Waals surface area contributed by atoms with Crippen molar-refractivity contribution < 1.29 is 9.59 Å². The lowest BCUT2D eigenvalue weighted by molar-refractivity contribution is -0.114. The molecule has 0 spiro atoms. The van der Waals surface area contributed by atoms with Crippen molar-refractivity contribution in [3.05, 3.63) is 63.1 Å². The lowest BCUT2D eigenvalue weighted by Gasteiger charge is -2.10. The van der Waals surface area contributed by atoms with Crippen molar-refractivity contribution in [3.63, 3.8) is 0 Å². The molecule has 2 rings (SSSR count). The van der Waals surface area contributed by atoms with Gasteiger partial charge >= 0.3 is 0 Å². The fraction of sp³-hybridized carbons (Fsp3) is 0.0588. The maximum atomic E-state index is 12.1. The number of amides is 2. The van der Waals surface area contributed by atoms with Crippen LogP contribution in [0.4, 0.5) is 11.4 Å². The highest BCUT2D eigenvalue weighted by Gasteiger charge is 2.07. The highest BCUT2D eigenvalue weighted by molar-refractivity contribution is 6.42. The van der Waals surface area contributed by atoms with Gasteiger partial charge < -0.3 is 10.6 Å². The third-order valence-electron chi connectivity index (χ3n) is 2.92. The van der Waals surface area contributed by atoms with E-state index in [-0.39, 0.29) is 11.8 Å². The van der Waals surface area contributed by atoms with Gasteiger partial charge in [0.2, 0.25) is 11.8 Å². The fourth-order valence-electron chi connectivity index (χ4n) is 1.88. The van der Waals surface area contributed by atoms with Gasteiger partial charge in [-0.3, -0.25) is 9.59 Å². The van der Waals surface area contributed by atoms with E-state index in [1.165, 1.54) is 13.0 Å². The standard InChI is InChI=1S/C17H13Cl3N2O2/c1-10(23)21-15-6-4-12(18)9-16(15)22-17(24)7-3-11-2-5-13(19)14(20)8-11/h2-9H,1H3,(H,21,23)(H,22,24)/b7-3+. The van der Waals surface area contributed by atoms with E-state index in [4.69, 9.17) is 34.8 Å². The highest BCUT2D eigenvalue weighted by Crippen LogP contribution is 2.26. The van der Waals surface area contributed by atoms with Crippen molar-refractivity contribution in [1.29, 1.82) is 0 Å². The second-order valence-electron chi connectivity index (χ2n) is 4.87. The second kappa shape index (κ2) is 8.20. The molecule has 0 aliphatic rings. The molecule has 2 N–H and O–H groups in total. The number of benzene rings is 2. The van der Waals surface area contributed by atoms with Crippen LogP contribution in [0.3, 0.4) is 0 Å². The van der Waals surface area contributed by atoms with E-state index in [1.54, 1.807) is 42.5 Å². The van der Waals surface area contributed by atoms with E-state index in [0.717, 1.165) is 5.56 Å². The Morgan fingerprint density at radius 1 is 0.917 bits per heavy atom. The zero-order valence-corrected chi connectivity index (χ0v) is 14.8. The zero-order chi connectivity index (χ0) is 17.7. The summed E-state index contributed by atoms with van der Waals surface area (Å²) in [5, 5.41) is 6.58. The first-order valence-electron chi connectivity index (χ1n) is 6.86. The summed E-state index contributed by atoms with van der Waals surface area (Å²) in [6.07, 6.45) is 2.94. The maximum Gasteiger partial charge on any atom is 0.248 e. The molecule has 0 bridgehead atoms. The van der Waals surface area contributed by atoms with Crippen molar-refractivity contribution in [2.75, 3.05) is 10.6 Å². The molecule has 7 heteroatoms. The van der Waals surface area contributed by atoms with Gasteiger partial charge in [-0.1, -0.05) is 40.9 Å². The number of carbonyl (C=O) groups excluding carboxylic acids is 2. The van der Waals surface area contributed by atoms with Crippen molar-refractivity contribution in [2.24, 2.45) is 0 Å². The molecule has 0 fully saturated rings. The Balaban J connectivity index is 2.14. The zero-order valence-electron chi connectivity index (χ0n) is 12.6. The van der Waals surface area contributed by atoms with Gasteiger partial charge in [0, 0.05) is 18.0 Å². The second-order valence-corrected chi connectivity index (χ2v) is 6.12. The first-order valence-corrected chi connectivity index (χ1v) is 8.00. The summed E-state index contributed by atoms with van der Waals surface area (Å²) in [6, 6.07) is 9.82. The van der Waals surface area contributed by atoms with Gasteiger partial charge in [0.25, 0.3) is 0 Å².